The van der Waals surface area contributed by atoms with Crippen LogP contribution in [0, 0.1) is 5.92 Å². The summed E-state index contributed by atoms with van der Waals surface area (Å²) in [6, 6.07) is -0.446. The Labute approximate surface area is 72.9 Å². The maximum Gasteiger partial charge on any atom is 0.234 e. The minimum absolute atomic E-state index is 0.290. The van der Waals surface area contributed by atoms with Gasteiger partial charge in [0.15, 0.2) is 0 Å². The van der Waals surface area contributed by atoms with Crippen molar-refractivity contribution in [1.82, 2.24) is 4.90 Å². The van der Waals surface area contributed by atoms with Crippen molar-refractivity contribution in [3.63, 3.8) is 0 Å². The number of carbonyl (C=O) groups is 1. The normalized spacial score (nSPS) is 23.8. The van der Waals surface area contributed by atoms with Gasteiger partial charge >= 0.3 is 0 Å². The molecule has 0 aromatic carbocycles. The van der Waals surface area contributed by atoms with E-state index in [1.165, 1.54) is 0 Å². The molecule has 1 aliphatic heterocycles. The van der Waals surface area contributed by atoms with Crippen molar-refractivity contribution in [2.45, 2.75) is 18.9 Å². The Morgan fingerprint density at radius 2 is 2.00 bits per heavy atom. The molecule has 0 saturated carbocycles. The SMILES string of the molecule is CN1CCC(C(N)C(N)=O)CC1. The molecule has 0 spiro atoms. The summed E-state index contributed by atoms with van der Waals surface area (Å²) in [6.45, 7) is 2.04. The van der Waals surface area contributed by atoms with Crippen LogP contribution >= 0.6 is 0 Å². The molecule has 1 aliphatic rings. The second kappa shape index (κ2) is 3.87. The summed E-state index contributed by atoms with van der Waals surface area (Å²) in [7, 11) is 2.08. The molecule has 1 heterocycles. The van der Waals surface area contributed by atoms with Crippen LogP contribution in [0.1, 0.15) is 12.8 Å². The molecule has 1 unspecified atom stereocenters. The molecule has 0 radical (unpaired) electrons. The van der Waals surface area contributed by atoms with Crippen LogP contribution in [-0.4, -0.2) is 37.0 Å². The quantitative estimate of drug-likeness (QED) is 0.568. The van der Waals surface area contributed by atoms with Crippen molar-refractivity contribution < 1.29 is 4.79 Å². The van der Waals surface area contributed by atoms with E-state index in [1.807, 2.05) is 0 Å². The highest BCUT2D eigenvalue weighted by molar-refractivity contribution is 5.79. The predicted octanol–water partition coefficient (Wildman–Crippen LogP) is -0.859. The molecular formula is C8H17N3O. The number of amides is 1. The van der Waals surface area contributed by atoms with Crippen LogP contribution in [0.2, 0.25) is 0 Å². The Morgan fingerprint density at radius 3 is 2.42 bits per heavy atom. The average molecular weight is 171 g/mol. The van der Waals surface area contributed by atoms with E-state index in [1.54, 1.807) is 0 Å². The average Bonchev–Trinajstić information content (AvgIpc) is 2.04. The highest BCUT2D eigenvalue weighted by Gasteiger charge is 2.25. The van der Waals surface area contributed by atoms with Gasteiger partial charge in [0.1, 0.15) is 0 Å². The van der Waals surface area contributed by atoms with Gasteiger partial charge in [-0.05, 0) is 38.9 Å². The molecule has 4 N–H and O–H groups in total. The van der Waals surface area contributed by atoms with Crippen LogP contribution in [-0.2, 0) is 4.79 Å². The lowest BCUT2D eigenvalue weighted by Gasteiger charge is -2.31. The Hall–Kier alpha value is -0.610. The molecule has 1 atom stereocenters. The van der Waals surface area contributed by atoms with E-state index in [-0.39, 0.29) is 5.91 Å². The van der Waals surface area contributed by atoms with Gasteiger partial charge in [-0.2, -0.15) is 0 Å². The Morgan fingerprint density at radius 1 is 1.50 bits per heavy atom. The summed E-state index contributed by atoms with van der Waals surface area (Å²) in [5.74, 6) is -0.0803. The van der Waals surface area contributed by atoms with Crippen molar-refractivity contribution in [3.8, 4) is 0 Å². The molecule has 4 nitrogen and oxygen atoms in total. The van der Waals surface area contributed by atoms with Crippen LogP contribution in [0.3, 0.4) is 0 Å². The van der Waals surface area contributed by atoms with Crippen LogP contribution in [0.25, 0.3) is 0 Å². The number of primary amides is 1. The third kappa shape index (κ3) is 2.19. The molecule has 1 rings (SSSR count). The van der Waals surface area contributed by atoms with Crippen molar-refractivity contribution in [3.05, 3.63) is 0 Å². The fraction of sp³-hybridized carbons (Fsp3) is 0.875. The van der Waals surface area contributed by atoms with Crippen molar-refractivity contribution in [1.29, 1.82) is 0 Å². The van der Waals surface area contributed by atoms with E-state index < -0.39 is 6.04 Å². The standard InChI is InChI=1S/C8H17N3O/c1-11-4-2-6(3-5-11)7(9)8(10)12/h6-7H,2-5,9H2,1H3,(H2,10,12). The lowest BCUT2D eigenvalue weighted by atomic mass is 9.90. The maximum atomic E-state index is 10.8. The minimum Gasteiger partial charge on any atom is -0.368 e. The van der Waals surface area contributed by atoms with Crippen LogP contribution < -0.4 is 11.5 Å². The molecule has 70 valence electrons. The Kier molecular flexibility index (Phi) is 3.05. The van der Waals surface area contributed by atoms with Gasteiger partial charge in [-0.3, -0.25) is 4.79 Å². The van der Waals surface area contributed by atoms with E-state index in [2.05, 4.69) is 11.9 Å². The molecule has 12 heavy (non-hydrogen) atoms. The number of hydrogen-bond acceptors (Lipinski definition) is 3. The maximum absolute atomic E-state index is 10.8. The molecule has 4 heteroatoms. The van der Waals surface area contributed by atoms with Gasteiger partial charge in [-0.15, -0.1) is 0 Å². The van der Waals surface area contributed by atoms with Crippen LogP contribution in [0.4, 0.5) is 0 Å². The fourth-order valence-corrected chi connectivity index (χ4v) is 1.62. The molecular weight excluding hydrogens is 154 g/mol. The van der Waals surface area contributed by atoms with Crippen LogP contribution in [0.15, 0.2) is 0 Å². The third-order valence-electron chi connectivity index (χ3n) is 2.60. The molecule has 1 amide bonds. The molecule has 0 aliphatic carbocycles. The zero-order valence-corrected chi connectivity index (χ0v) is 7.49. The van der Waals surface area contributed by atoms with E-state index in [0.29, 0.717) is 5.92 Å². The number of nitrogens with two attached hydrogens (primary N) is 2. The van der Waals surface area contributed by atoms with Gasteiger partial charge < -0.3 is 16.4 Å². The summed E-state index contributed by atoms with van der Waals surface area (Å²) < 4.78 is 0. The first-order valence-corrected chi connectivity index (χ1v) is 4.34. The Balaban J connectivity index is 2.39. The third-order valence-corrected chi connectivity index (χ3v) is 2.60. The van der Waals surface area contributed by atoms with Crippen molar-refractivity contribution >= 4 is 5.91 Å². The van der Waals surface area contributed by atoms with Gasteiger partial charge in [-0.25, -0.2) is 0 Å². The smallest absolute Gasteiger partial charge is 0.234 e. The van der Waals surface area contributed by atoms with Crippen molar-refractivity contribution in [2.24, 2.45) is 17.4 Å². The summed E-state index contributed by atoms with van der Waals surface area (Å²) in [6.07, 6.45) is 1.97. The Bertz CT molecular complexity index is 164. The first-order chi connectivity index (χ1) is 5.61. The fourth-order valence-electron chi connectivity index (χ4n) is 1.62. The largest absolute Gasteiger partial charge is 0.368 e. The van der Waals surface area contributed by atoms with Gasteiger partial charge in [0.25, 0.3) is 0 Å². The van der Waals surface area contributed by atoms with Gasteiger partial charge in [0.05, 0.1) is 6.04 Å². The summed E-state index contributed by atoms with van der Waals surface area (Å²) in [5.41, 5.74) is 10.8. The first kappa shape index (κ1) is 9.48. The minimum atomic E-state index is -0.446. The monoisotopic (exact) mass is 171 g/mol. The van der Waals surface area contributed by atoms with E-state index >= 15 is 0 Å². The van der Waals surface area contributed by atoms with E-state index in [4.69, 9.17) is 11.5 Å². The number of piperidine rings is 1. The zero-order chi connectivity index (χ0) is 9.14. The number of nitrogens with zero attached hydrogens (tertiary/aromatic N) is 1. The highest BCUT2D eigenvalue weighted by Crippen LogP contribution is 2.18. The number of rotatable bonds is 2. The van der Waals surface area contributed by atoms with E-state index in [9.17, 15) is 4.79 Å². The van der Waals surface area contributed by atoms with E-state index in [0.717, 1.165) is 25.9 Å². The van der Waals surface area contributed by atoms with Gasteiger partial charge in [0.2, 0.25) is 5.91 Å². The molecule has 0 bridgehead atoms. The van der Waals surface area contributed by atoms with Crippen molar-refractivity contribution in [2.75, 3.05) is 20.1 Å². The number of carbonyl (C=O) groups excluding carboxylic acids is 1. The molecule has 0 aromatic rings. The topological polar surface area (TPSA) is 72.3 Å². The molecule has 0 aromatic heterocycles. The van der Waals surface area contributed by atoms with Crippen LogP contribution in [0.5, 0.6) is 0 Å². The lowest BCUT2D eigenvalue weighted by Crippen LogP contribution is -2.46. The summed E-state index contributed by atoms with van der Waals surface area (Å²) in [5, 5.41) is 0. The van der Waals surface area contributed by atoms with Gasteiger partial charge in [0, 0.05) is 0 Å². The highest BCUT2D eigenvalue weighted by atomic mass is 16.1. The second-order valence-electron chi connectivity index (χ2n) is 3.57. The molecule has 1 saturated heterocycles. The van der Waals surface area contributed by atoms with Gasteiger partial charge in [-0.1, -0.05) is 0 Å². The second-order valence-corrected chi connectivity index (χ2v) is 3.57. The molecule has 1 fully saturated rings. The lowest BCUT2D eigenvalue weighted by molar-refractivity contribution is -0.120. The first-order valence-electron chi connectivity index (χ1n) is 4.34. The number of hydrogen-bond donors (Lipinski definition) is 2. The summed E-state index contributed by atoms with van der Waals surface area (Å²) >= 11 is 0. The zero-order valence-electron chi connectivity index (χ0n) is 7.49. The predicted molar refractivity (Wildman–Crippen MR) is 47.4 cm³/mol. The number of likely N-dealkylation sites (tertiary alicyclic amines) is 1. The summed E-state index contributed by atoms with van der Waals surface area (Å²) in [4.78, 5) is 13.0.